The molecule has 0 unspecified atom stereocenters. The van der Waals surface area contributed by atoms with Gasteiger partial charge in [0.05, 0.1) is 24.2 Å². The minimum absolute atomic E-state index is 0.0666. The van der Waals surface area contributed by atoms with Crippen LogP contribution in [0.3, 0.4) is 0 Å². The molecule has 1 aromatic carbocycles. The largest absolute Gasteiger partial charge is 0.487 e. The van der Waals surface area contributed by atoms with Crippen LogP contribution in [0.15, 0.2) is 30.9 Å². The number of ether oxygens (including phenoxy) is 2. The Morgan fingerprint density at radius 3 is 2.84 bits per heavy atom. The molecule has 0 saturated carbocycles. The van der Waals surface area contributed by atoms with Crippen molar-refractivity contribution in [1.82, 2.24) is 0 Å². The van der Waals surface area contributed by atoms with E-state index in [4.69, 9.17) is 4.74 Å². The zero-order valence-electron chi connectivity index (χ0n) is 10.6. The Morgan fingerprint density at radius 1 is 1.53 bits per heavy atom. The molecule has 6 heteroatoms. The van der Waals surface area contributed by atoms with E-state index in [1.807, 2.05) is 0 Å². The van der Waals surface area contributed by atoms with Crippen LogP contribution in [-0.4, -0.2) is 24.6 Å². The number of allylic oxidation sites excluding steroid dienone is 1. The van der Waals surface area contributed by atoms with Crippen LogP contribution in [0.5, 0.6) is 5.75 Å². The van der Waals surface area contributed by atoms with E-state index in [1.165, 1.54) is 25.3 Å². The Bertz CT molecular complexity index is 484. The number of benzene rings is 1. The number of hydrogen-bond donors (Lipinski definition) is 0. The first-order chi connectivity index (χ1) is 9.10. The van der Waals surface area contributed by atoms with E-state index in [0.29, 0.717) is 13.0 Å². The normalized spacial score (nSPS) is 9.74. The van der Waals surface area contributed by atoms with E-state index in [0.717, 1.165) is 6.42 Å². The van der Waals surface area contributed by atoms with Crippen LogP contribution >= 0.6 is 0 Å². The van der Waals surface area contributed by atoms with Gasteiger partial charge in [0.25, 0.3) is 0 Å². The standard InChI is InChI=1S/C13H15NO5/c1-3-4-5-8-19-12-9-10(13(15)18-2)6-7-11(12)14(16)17/h3,6-7,9H,1,4-5,8H2,2H3. The molecular weight excluding hydrogens is 250 g/mol. The van der Waals surface area contributed by atoms with Gasteiger partial charge in [0.15, 0.2) is 5.75 Å². The lowest BCUT2D eigenvalue weighted by atomic mass is 10.2. The van der Waals surface area contributed by atoms with Gasteiger partial charge in [0, 0.05) is 12.1 Å². The highest BCUT2D eigenvalue weighted by Crippen LogP contribution is 2.28. The lowest BCUT2D eigenvalue weighted by Crippen LogP contribution is -2.05. The van der Waals surface area contributed by atoms with Crippen LogP contribution in [0.25, 0.3) is 0 Å². The average molecular weight is 265 g/mol. The Morgan fingerprint density at radius 2 is 2.26 bits per heavy atom. The summed E-state index contributed by atoms with van der Waals surface area (Å²) in [6.45, 7) is 3.89. The van der Waals surface area contributed by atoms with Gasteiger partial charge in [-0.3, -0.25) is 10.1 Å². The molecule has 0 N–H and O–H groups in total. The lowest BCUT2D eigenvalue weighted by Gasteiger charge is -2.07. The summed E-state index contributed by atoms with van der Waals surface area (Å²) in [6.07, 6.45) is 3.19. The van der Waals surface area contributed by atoms with Crippen molar-refractivity contribution in [2.24, 2.45) is 0 Å². The number of rotatable bonds is 7. The van der Waals surface area contributed by atoms with Gasteiger partial charge in [-0.1, -0.05) is 6.08 Å². The minimum Gasteiger partial charge on any atom is -0.487 e. The molecule has 0 aromatic heterocycles. The van der Waals surface area contributed by atoms with Crippen LogP contribution in [0.2, 0.25) is 0 Å². The van der Waals surface area contributed by atoms with Gasteiger partial charge < -0.3 is 9.47 Å². The van der Waals surface area contributed by atoms with Crippen molar-refractivity contribution in [3.8, 4) is 5.75 Å². The maximum Gasteiger partial charge on any atom is 0.337 e. The number of carbonyl (C=O) groups is 1. The quantitative estimate of drug-likeness (QED) is 0.249. The van der Waals surface area contributed by atoms with E-state index in [-0.39, 0.29) is 17.0 Å². The summed E-state index contributed by atoms with van der Waals surface area (Å²) in [6, 6.07) is 3.88. The van der Waals surface area contributed by atoms with Crippen LogP contribution in [0.4, 0.5) is 5.69 Å². The predicted molar refractivity (Wildman–Crippen MR) is 69.4 cm³/mol. The maximum absolute atomic E-state index is 11.4. The number of esters is 1. The van der Waals surface area contributed by atoms with Gasteiger partial charge in [0.2, 0.25) is 0 Å². The highest BCUT2D eigenvalue weighted by atomic mass is 16.6. The van der Waals surface area contributed by atoms with E-state index in [9.17, 15) is 14.9 Å². The van der Waals surface area contributed by atoms with E-state index < -0.39 is 10.9 Å². The molecule has 0 atom stereocenters. The number of methoxy groups -OCH3 is 1. The molecule has 6 nitrogen and oxygen atoms in total. The molecule has 0 heterocycles. The fraction of sp³-hybridized carbons (Fsp3) is 0.308. The third-order valence-electron chi connectivity index (χ3n) is 2.39. The average Bonchev–Trinajstić information content (AvgIpc) is 2.42. The molecule has 0 bridgehead atoms. The number of nitro groups is 1. The van der Waals surface area contributed by atoms with Gasteiger partial charge >= 0.3 is 11.7 Å². The lowest BCUT2D eigenvalue weighted by molar-refractivity contribution is -0.385. The van der Waals surface area contributed by atoms with Gasteiger partial charge in [-0.25, -0.2) is 4.79 Å². The fourth-order valence-electron chi connectivity index (χ4n) is 1.44. The molecular formula is C13H15NO5. The summed E-state index contributed by atoms with van der Waals surface area (Å²) < 4.78 is 9.90. The van der Waals surface area contributed by atoms with Crippen LogP contribution < -0.4 is 4.74 Å². The van der Waals surface area contributed by atoms with Crippen LogP contribution in [0, 0.1) is 10.1 Å². The second-order valence-electron chi connectivity index (χ2n) is 3.71. The van der Waals surface area contributed by atoms with E-state index in [2.05, 4.69) is 11.3 Å². The Hall–Kier alpha value is -2.37. The van der Waals surface area contributed by atoms with Crippen LogP contribution in [-0.2, 0) is 4.74 Å². The number of nitrogens with zero attached hydrogens (tertiary/aromatic N) is 1. The van der Waals surface area contributed by atoms with Gasteiger partial charge in [-0.2, -0.15) is 0 Å². The van der Waals surface area contributed by atoms with E-state index in [1.54, 1.807) is 6.08 Å². The first-order valence-electron chi connectivity index (χ1n) is 5.70. The molecule has 0 saturated heterocycles. The third kappa shape index (κ3) is 4.09. The van der Waals surface area contributed by atoms with Gasteiger partial charge in [-0.05, 0) is 18.9 Å². The van der Waals surface area contributed by atoms with Crippen molar-refractivity contribution in [2.45, 2.75) is 12.8 Å². The number of nitro benzene ring substituents is 1. The van der Waals surface area contributed by atoms with Gasteiger partial charge in [-0.15, -0.1) is 6.58 Å². The molecule has 0 fully saturated rings. The molecule has 1 rings (SSSR count). The highest BCUT2D eigenvalue weighted by Gasteiger charge is 2.18. The first-order valence-corrected chi connectivity index (χ1v) is 5.70. The summed E-state index contributed by atoms with van der Waals surface area (Å²) in [5, 5.41) is 10.9. The second kappa shape index (κ2) is 7.15. The van der Waals surface area contributed by atoms with Crippen molar-refractivity contribution in [3.63, 3.8) is 0 Å². The predicted octanol–water partition coefficient (Wildman–Crippen LogP) is 2.73. The summed E-state index contributed by atoms with van der Waals surface area (Å²) in [5.74, 6) is -0.497. The van der Waals surface area contributed by atoms with Crippen LogP contribution in [0.1, 0.15) is 23.2 Å². The van der Waals surface area contributed by atoms with E-state index >= 15 is 0 Å². The topological polar surface area (TPSA) is 78.7 Å². The molecule has 1 aromatic rings. The monoisotopic (exact) mass is 265 g/mol. The molecule has 0 spiro atoms. The molecule has 0 aliphatic heterocycles. The highest BCUT2D eigenvalue weighted by molar-refractivity contribution is 5.90. The minimum atomic E-state index is -0.564. The van der Waals surface area contributed by atoms with Gasteiger partial charge in [0.1, 0.15) is 0 Å². The molecule has 0 aliphatic rings. The summed E-state index contributed by atoms with van der Waals surface area (Å²) in [4.78, 5) is 21.7. The van der Waals surface area contributed by atoms with Crippen molar-refractivity contribution in [3.05, 3.63) is 46.5 Å². The molecule has 0 radical (unpaired) electrons. The van der Waals surface area contributed by atoms with Crippen molar-refractivity contribution < 1.29 is 19.2 Å². The van der Waals surface area contributed by atoms with Crippen molar-refractivity contribution in [1.29, 1.82) is 0 Å². The number of carbonyl (C=O) groups excluding carboxylic acids is 1. The zero-order chi connectivity index (χ0) is 14.3. The number of unbranched alkanes of at least 4 members (excludes halogenated alkanes) is 1. The maximum atomic E-state index is 11.4. The van der Waals surface area contributed by atoms with Crippen molar-refractivity contribution in [2.75, 3.05) is 13.7 Å². The molecule has 0 aliphatic carbocycles. The SMILES string of the molecule is C=CCCCOc1cc(C(=O)OC)ccc1[N+](=O)[O-]. The summed E-state index contributed by atoms with van der Waals surface area (Å²) >= 11 is 0. The Labute approximate surface area is 110 Å². The first kappa shape index (κ1) is 14.7. The smallest absolute Gasteiger partial charge is 0.337 e. The fourth-order valence-corrected chi connectivity index (χ4v) is 1.44. The molecule has 0 amide bonds. The van der Waals surface area contributed by atoms with Crippen molar-refractivity contribution >= 4 is 11.7 Å². The number of hydrogen-bond acceptors (Lipinski definition) is 5. The summed E-state index contributed by atoms with van der Waals surface area (Å²) in [5.41, 5.74) is 0.0399. The zero-order valence-corrected chi connectivity index (χ0v) is 10.6. The summed E-state index contributed by atoms with van der Waals surface area (Å²) in [7, 11) is 1.24. The second-order valence-corrected chi connectivity index (χ2v) is 3.71. The Balaban J connectivity index is 2.92. The third-order valence-corrected chi connectivity index (χ3v) is 2.39. The molecule has 102 valence electrons. The molecule has 19 heavy (non-hydrogen) atoms. The Kier molecular flexibility index (Phi) is 5.53.